The standard InChI is InChI=1S/C17H16O2/c1-14(18)19-17(16-10-6-3-7-11-16)13-12-15-8-4-2-5-9-15/h2-13,17H,1H3/b13-12+/t17-/m1/s1. The Hall–Kier alpha value is -2.35. The fourth-order valence-electron chi connectivity index (χ4n) is 1.80. The van der Waals surface area contributed by atoms with Crippen molar-refractivity contribution in [1.82, 2.24) is 0 Å². The van der Waals surface area contributed by atoms with Crippen LogP contribution in [0, 0.1) is 0 Å². The van der Waals surface area contributed by atoms with Gasteiger partial charge >= 0.3 is 5.97 Å². The molecule has 2 rings (SSSR count). The van der Waals surface area contributed by atoms with Gasteiger partial charge in [0.25, 0.3) is 0 Å². The summed E-state index contributed by atoms with van der Waals surface area (Å²) in [5.41, 5.74) is 2.04. The van der Waals surface area contributed by atoms with E-state index in [9.17, 15) is 4.79 Å². The van der Waals surface area contributed by atoms with E-state index in [4.69, 9.17) is 4.74 Å². The predicted octanol–water partition coefficient (Wildman–Crippen LogP) is 4.00. The normalized spacial score (nSPS) is 12.3. The molecule has 96 valence electrons. The van der Waals surface area contributed by atoms with Crippen LogP contribution in [0.1, 0.15) is 24.2 Å². The van der Waals surface area contributed by atoms with Crippen LogP contribution in [0.4, 0.5) is 0 Å². The van der Waals surface area contributed by atoms with Gasteiger partial charge in [-0.05, 0) is 17.2 Å². The maximum absolute atomic E-state index is 11.2. The lowest BCUT2D eigenvalue weighted by molar-refractivity contribution is -0.144. The highest BCUT2D eigenvalue weighted by Gasteiger charge is 2.10. The van der Waals surface area contributed by atoms with Gasteiger partial charge in [0.05, 0.1) is 0 Å². The van der Waals surface area contributed by atoms with Gasteiger partial charge in [-0.1, -0.05) is 66.7 Å². The van der Waals surface area contributed by atoms with Crippen LogP contribution in [0.25, 0.3) is 6.08 Å². The topological polar surface area (TPSA) is 26.3 Å². The smallest absolute Gasteiger partial charge is 0.303 e. The number of rotatable bonds is 4. The van der Waals surface area contributed by atoms with Crippen LogP contribution in [-0.2, 0) is 9.53 Å². The highest BCUT2D eigenvalue weighted by molar-refractivity contribution is 5.67. The molecule has 0 aliphatic heterocycles. The Labute approximate surface area is 113 Å². The van der Waals surface area contributed by atoms with Crippen LogP contribution < -0.4 is 0 Å². The molecule has 0 N–H and O–H groups in total. The third kappa shape index (κ3) is 4.11. The van der Waals surface area contributed by atoms with Crippen molar-refractivity contribution < 1.29 is 9.53 Å². The van der Waals surface area contributed by atoms with E-state index >= 15 is 0 Å². The van der Waals surface area contributed by atoms with E-state index in [-0.39, 0.29) is 12.1 Å². The van der Waals surface area contributed by atoms with Crippen molar-refractivity contribution in [2.24, 2.45) is 0 Å². The zero-order chi connectivity index (χ0) is 13.5. The third-order valence-corrected chi connectivity index (χ3v) is 2.68. The molecular formula is C17H16O2. The number of carbonyl (C=O) groups excluding carboxylic acids is 1. The van der Waals surface area contributed by atoms with Gasteiger partial charge in [0.2, 0.25) is 0 Å². The molecule has 0 aliphatic carbocycles. The fraction of sp³-hybridized carbons (Fsp3) is 0.118. The van der Waals surface area contributed by atoms with Gasteiger partial charge in [-0.3, -0.25) is 4.79 Å². The number of benzene rings is 2. The molecule has 0 unspecified atom stereocenters. The molecule has 19 heavy (non-hydrogen) atoms. The van der Waals surface area contributed by atoms with Crippen molar-refractivity contribution >= 4 is 12.0 Å². The minimum atomic E-state index is -0.348. The largest absolute Gasteiger partial charge is 0.453 e. The van der Waals surface area contributed by atoms with E-state index in [1.54, 1.807) is 0 Å². The molecule has 0 saturated heterocycles. The molecule has 2 nitrogen and oxygen atoms in total. The van der Waals surface area contributed by atoms with Crippen LogP contribution in [0.5, 0.6) is 0 Å². The summed E-state index contributed by atoms with van der Waals surface area (Å²) in [4.78, 5) is 11.2. The molecule has 1 atom stereocenters. The van der Waals surface area contributed by atoms with Crippen molar-refractivity contribution in [3.8, 4) is 0 Å². The second kappa shape index (κ2) is 6.55. The van der Waals surface area contributed by atoms with Gasteiger partial charge in [-0.25, -0.2) is 0 Å². The number of carbonyl (C=O) groups is 1. The summed E-state index contributed by atoms with van der Waals surface area (Å²) in [5.74, 6) is -0.286. The van der Waals surface area contributed by atoms with Gasteiger partial charge < -0.3 is 4.74 Å². The maximum atomic E-state index is 11.2. The zero-order valence-electron chi connectivity index (χ0n) is 10.8. The first-order chi connectivity index (χ1) is 9.25. The van der Waals surface area contributed by atoms with Crippen LogP contribution in [0.15, 0.2) is 66.7 Å². The van der Waals surface area contributed by atoms with Crippen molar-refractivity contribution in [2.75, 3.05) is 0 Å². The van der Waals surface area contributed by atoms with Gasteiger partial charge in [0.15, 0.2) is 0 Å². The van der Waals surface area contributed by atoms with Gasteiger partial charge in [-0.15, -0.1) is 0 Å². The van der Waals surface area contributed by atoms with E-state index < -0.39 is 0 Å². The van der Waals surface area contributed by atoms with E-state index in [1.807, 2.05) is 72.8 Å². The lowest BCUT2D eigenvalue weighted by Gasteiger charge is -2.13. The molecular weight excluding hydrogens is 236 g/mol. The molecule has 0 radical (unpaired) electrons. The molecule has 0 saturated carbocycles. The van der Waals surface area contributed by atoms with Crippen LogP contribution >= 0.6 is 0 Å². The van der Waals surface area contributed by atoms with Crippen LogP contribution in [0.2, 0.25) is 0 Å². The Morgan fingerprint density at radius 2 is 1.58 bits per heavy atom. The number of hydrogen-bond acceptors (Lipinski definition) is 2. The predicted molar refractivity (Wildman–Crippen MR) is 76.4 cm³/mol. The molecule has 0 aliphatic rings. The molecule has 0 aromatic heterocycles. The molecule has 2 aromatic rings. The summed E-state index contributed by atoms with van der Waals surface area (Å²) in [6, 6.07) is 19.6. The first-order valence-electron chi connectivity index (χ1n) is 6.21. The van der Waals surface area contributed by atoms with Crippen LogP contribution in [-0.4, -0.2) is 5.97 Å². The molecule has 0 bridgehead atoms. The Balaban J connectivity index is 2.19. The molecule has 0 spiro atoms. The van der Waals surface area contributed by atoms with E-state index in [0.29, 0.717) is 0 Å². The lowest BCUT2D eigenvalue weighted by atomic mass is 10.1. The minimum Gasteiger partial charge on any atom is -0.453 e. The summed E-state index contributed by atoms with van der Waals surface area (Å²) in [7, 11) is 0. The number of esters is 1. The van der Waals surface area contributed by atoms with Crippen molar-refractivity contribution in [1.29, 1.82) is 0 Å². The second-order valence-corrected chi connectivity index (χ2v) is 4.21. The second-order valence-electron chi connectivity index (χ2n) is 4.21. The SMILES string of the molecule is CC(=O)O[C@H](/C=C/c1ccccc1)c1ccccc1. The Kier molecular flexibility index (Phi) is 4.51. The fourth-order valence-corrected chi connectivity index (χ4v) is 1.80. The molecule has 0 heterocycles. The summed E-state index contributed by atoms with van der Waals surface area (Å²) in [6.07, 6.45) is 3.51. The number of hydrogen-bond donors (Lipinski definition) is 0. The number of ether oxygens (including phenoxy) is 1. The average molecular weight is 252 g/mol. The maximum Gasteiger partial charge on any atom is 0.303 e. The van der Waals surface area contributed by atoms with Crippen LogP contribution in [0.3, 0.4) is 0 Å². The highest BCUT2D eigenvalue weighted by atomic mass is 16.5. The highest BCUT2D eigenvalue weighted by Crippen LogP contribution is 2.20. The average Bonchev–Trinajstić information content (AvgIpc) is 2.45. The monoisotopic (exact) mass is 252 g/mol. The lowest BCUT2D eigenvalue weighted by Crippen LogP contribution is -2.05. The van der Waals surface area contributed by atoms with Crippen molar-refractivity contribution in [2.45, 2.75) is 13.0 Å². The minimum absolute atomic E-state index is 0.286. The molecule has 0 amide bonds. The Morgan fingerprint density at radius 1 is 1.00 bits per heavy atom. The quantitative estimate of drug-likeness (QED) is 0.769. The van der Waals surface area contributed by atoms with Gasteiger partial charge in [0, 0.05) is 6.92 Å². The van der Waals surface area contributed by atoms with Gasteiger partial charge in [-0.2, -0.15) is 0 Å². The van der Waals surface area contributed by atoms with Crippen molar-refractivity contribution in [3.05, 3.63) is 77.9 Å². The summed E-state index contributed by atoms with van der Waals surface area (Å²) >= 11 is 0. The Bertz CT molecular complexity index is 544. The Morgan fingerprint density at radius 3 is 2.16 bits per heavy atom. The first kappa shape index (κ1) is 13.1. The van der Waals surface area contributed by atoms with E-state index in [2.05, 4.69) is 0 Å². The molecule has 2 aromatic carbocycles. The first-order valence-corrected chi connectivity index (χ1v) is 6.21. The van der Waals surface area contributed by atoms with E-state index in [1.165, 1.54) is 6.92 Å². The zero-order valence-corrected chi connectivity index (χ0v) is 10.8. The summed E-state index contributed by atoms with van der Waals surface area (Å²) in [5, 5.41) is 0. The van der Waals surface area contributed by atoms with Crippen molar-refractivity contribution in [3.63, 3.8) is 0 Å². The summed E-state index contributed by atoms with van der Waals surface area (Å²) in [6.45, 7) is 1.42. The van der Waals surface area contributed by atoms with E-state index in [0.717, 1.165) is 11.1 Å². The summed E-state index contributed by atoms with van der Waals surface area (Å²) < 4.78 is 5.33. The molecule has 0 fully saturated rings. The van der Waals surface area contributed by atoms with Gasteiger partial charge in [0.1, 0.15) is 6.10 Å². The third-order valence-electron chi connectivity index (χ3n) is 2.68. The molecule has 2 heteroatoms.